The third-order valence-electron chi connectivity index (χ3n) is 4.13. The predicted molar refractivity (Wildman–Crippen MR) is 61.8 cm³/mol. The second-order valence-electron chi connectivity index (χ2n) is 6.95. The molecule has 17 heavy (non-hydrogen) atoms. The summed E-state index contributed by atoms with van der Waals surface area (Å²) in [4.78, 5) is 2.11. The molecule has 2 aliphatic rings. The van der Waals surface area contributed by atoms with Crippen LogP contribution in [0.25, 0.3) is 0 Å². The maximum atomic E-state index is 12.8. The van der Waals surface area contributed by atoms with E-state index >= 15 is 0 Å². The SMILES string of the molecule is CC(C)(C)C[C@@]12CCCN1C[C@H](C(F)(F)F)C2. The molecule has 2 rings (SSSR count). The standard InChI is InChI=1S/C13H22F3N/c1-11(2,3)9-12-5-4-6-17(12)8-10(7-12)13(14,15)16/h10H,4-9H2,1-3H3/t10-,12+/m1/s1. The Morgan fingerprint density at radius 3 is 2.41 bits per heavy atom. The fourth-order valence-corrected chi connectivity index (χ4v) is 3.78. The molecule has 1 nitrogen and oxygen atoms in total. The Balaban J connectivity index is 2.15. The van der Waals surface area contributed by atoms with Crippen LogP contribution < -0.4 is 0 Å². The van der Waals surface area contributed by atoms with Gasteiger partial charge in [-0.05, 0) is 37.6 Å². The fourth-order valence-electron chi connectivity index (χ4n) is 3.78. The summed E-state index contributed by atoms with van der Waals surface area (Å²) in [5.41, 5.74) is -0.0679. The van der Waals surface area contributed by atoms with E-state index in [9.17, 15) is 13.2 Å². The summed E-state index contributed by atoms with van der Waals surface area (Å²) in [5.74, 6) is -1.11. The first kappa shape index (κ1) is 13.2. The molecule has 0 bridgehead atoms. The molecule has 2 saturated heterocycles. The van der Waals surface area contributed by atoms with E-state index in [1.54, 1.807) is 0 Å². The van der Waals surface area contributed by atoms with Crippen molar-refractivity contribution in [2.24, 2.45) is 11.3 Å². The van der Waals surface area contributed by atoms with E-state index in [1.807, 2.05) is 0 Å². The molecule has 0 spiro atoms. The molecule has 0 aromatic carbocycles. The predicted octanol–water partition coefficient (Wildman–Crippen LogP) is 3.84. The topological polar surface area (TPSA) is 3.24 Å². The van der Waals surface area contributed by atoms with Gasteiger partial charge in [-0.2, -0.15) is 13.2 Å². The van der Waals surface area contributed by atoms with Crippen LogP contribution in [-0.4, -0.2) is 29.7 Å². The van der Waals surface area contributed by atoms with E-state index in [1.165, 1.54) is 0 Å². The molecule has 100 valence electrons. The van der Waals surface area contributed by atoms with E-state index in [4.69, 9.17) is 0 Å². The molecule has 4 heteroatoms. The summed E-state index contributed by atoms with van der Waals surface area (Å²) >= 11 is 0. The normalized spacial score (nSPS) is 35.3. The lowest BCUT2D eigenvalue weighted by molar-refractivity contribution is -0.171. The Labute approximate surface area is 101 Å². The van der Waals surface area contributed by atoms with E-state index in [0.717, 1.165) is 25.8 Å². The molecule has 0 radical (unpaired) electrons. The van der Waals surface area contributed by atoms with Crippen molar-refractivity contribution in [3.8, 4) is 0 Å². The molecule has 0 aromatic rings. The monoisotopic (exact) mass is 249 g/mol. The number of hydrogen-bond donors (Lipinski definition) is 0. The zero-order valence-electron chi connectivity index (χ0n) is 10.9. The van der Waals surface area contributed by atoms with Gasteiger partial charge in [0.2, 0.25) is 0 Å². The van der Waals surface area contributed by atoms with Gasteiger partial charge in [-0.15, -0.1) is 0 Å². The van der Waals surface area contributed by atoms with Gasteiger partial charge in [0.15, 0.2) is 0 Å². The Kier molecular flexibility index (Phi) is 3.00. The summed E-state index contributed by atoms with van der Waals surface area (Å²) in [7, 11) is 0. The van der Waals surface area contributed by atoms with Crippen LogP contribution in [0.3, 0.4) is 0 Å². The van der Waals surface area contributed by atoms with Crippen molar-refractivity contribution in [3.05, 3.63) is 0 Å². The minimum absolute atomic E-state index is 0.100. The first-order valence-electron chi connectivity index (χ1n) is 6.44. The highest BCUT2D eigenvalue weighted by Crippen LogP contribution is 2.51. The third-order valence-corrected chi connectivity index (χ3v) is 4.13. The average Bonchev–Trinajstić information content (AvgIpc) is 2.53. The van der Waals surface area contributed by atoms with Gasteiger partial charge in [-0.25, -0.2) is 0 Å². The summed E-state index contributed by atoms with van der Waals surface area (Å²) in [5, 5.41) is 0. The quantitative estimate of drug-likeness (QED) is 0.682. The van der Waals surface area contributed by atoms with Crippen LogP contribution in [-0.2, 0) is 0 Å². The average molecular weight is 249 g/mol. The van der Waals surface area contributed by atoms with Crippen molar-refractivity contribution >= 4 is 0 Å². The number of alkyl halides is 3. The molecule has 2 fully saturated rings. The Morgan fingerprint density at radius 2 is 1.88 bits per heavy atom. The van der Waals surface area contributed by atoms with Crippen LogP contribution in [0, 0.1) is 11.3 Å². The molecule has 2 heterocycles. The number of hydrogen-bond acceptors (Lipinski definition) is 1. The number of rotatable bonds is 1. The van der Waals surface area contributed by atoms with Gasteiger partial charge in [-0.3, -0.25) is 4.90 Å². The van der Waals surface area contributed by atoms with Crippen LogP contribution in [0.1, 0.15) is 46.5 Å². The fraction of sp³-hybridized carbons (Fsp3) is 1.00. The molecule has 0 amide bonds. The lowest BCUT2D eigenvalue weighted by atomic mass is 9.76. The van der Waals surface area contributed by atoms with Crippen LogP contribution in [0.2, 0.25) is 0 Å². The van der Waals surface area contributed by atoms with E-state index in [2.05, 4.69) is 25.7 Å². The number of nitrogens with zero attached hydrogens (tertiary/aromatic N) is 1. The lowest BCUT2D eigenvalue weighted by Crippen LogP contribution is -2.41. The van der Waals surface area contributed by atoms with Crippen LogP contribution in [0.5, 0.6) is 0 Å². The summed E-state index contributed by atoms with van der Waals surface area (Å²) in [6.07, 6.45) is -0.826. The second-order valence-corrected chi connectivity index (χ2v) is 6.95. The van der Waals surface area contributed by atoms with Crippen molar-refractivity contribution in [2.75, 3.05) is 13.1 Å². The lowest BCUT2D eigenvalue weighted by Gasteiger charge is -2.37. The molecule has 0 saturated carbocycles. The molecule has 2 atom stereocenters. The van der Waals surface area contributed by atoms with Crippen LogP contribution in [0.4, 0.5) is 13.2 Å². The third kappa shape index (κ3) is 2.61. The van der Waals surface area contributed by atoms with E-state index in [-0.39, 0.29) is 17.5 Å². The van der Waals surface area contributed by atoms with Crippen molar-refractivity contribution in [2.45, 2.75) is 58.2 Å². The van der Waals surface area contributed by atoms with Crippen molar-refractivity contribution in [1.82, 2.24) is 4.90 Å². The highest BCUT2D eigenvalue weighted by atomic mass is 19.4. The largest absolute Gasteiger partial charge is 0.393 e. The Hall–Kier alpha value is -0.250. The maximum Gasteiger partial charge on any atom is 0.393 e. The maximum absolute atomic E-state index is 12.8. The van der Waals surface area contributed by atoms with Crippen molar-refractivity contribution < 1.29 is 13.2 Å². The van der Waals surface area contributed by atoms with Gasteiger partial charge < -0.3 is 0 Å². The smallest absolute Gasteiger partial charge is 0.297 e. The van der Waals surface area contributed by atoms with Crippen molar-refractivity contribution in [1.29, 1.82) is 0 Å². The molecule has 0 aromatic heterocycles. The molecular formula is C13H22F3N. The van der Waals surface area contributed by atoms with Gasteiger partial charge in [-0.1, -0.05) is 20.8 Å². The van der Waals surface area contributed by atoms with Crippen LogP contribution >= 0.6 is 0 Å². The highest BCUT2D eigenvalue weighted by molar-refractivity contribution is 5.05. The van der Waals surface area contributed by atoms with Gasteiger partial charge >= 0.3 is 6.18 Å². The zero-order valence-corrected chi connectivity index (χ0v) is 10.9. The minimum atomic E-state index is -4.02. The Morgan fingerprint density at radius 1 is 1.24 bits per heavy atom. The van der Waals surface area contributed by atoms with Gasteiger partial charge in [0, 0.05) is 12.1 Å². The Bertz CT molecular complexity index is 292. The second kappa shape index (κ2) is 3.87. The highest BCUT2D eigenvalue weighted by Gasteiger charge is 2.56. The zero-order chi connectivity index (χ0) is 12.9. The van der Waals surface area contributed by atoms with Gasteiger partial charge in [0.1, 0.15) is 0 Å². The molecule has 0 aliphatic carbocycles. The van der Waals surface area contributed by atoms with Crippen LogP contribution in [0.15, 0.2) is 0 Å². The minimum Gasteiger partial charge on any atom is -0.297 e. The molecular weight excluding hydrogens is 227 g/mol. The number of halogens is 3. The van der Waals surface area contributed by atoms with Gasteiger partial charge in [0.05, 0.1) is 5.92 Å². The molecule has 0 N–H and O–H groups in total. The summed E-state index contributed by atoms with van der Waals surface area (Å²) in [6.45, 7) is 7.44. The first-order valence-corrected chi connectivity index (χ1v) is 6.44. The first-order chi connectivity index (χ1) is 7.62. The molecule has 2 aliphatic heterocycles. The molecule has 0 unspecified atom stereocenters. The van der Waals surface area contributed by atoms with E-state index in [0.29, 0.717) is 6.42 Å². The van der Waals surface area contributed by atoms with Gasteiger partial charge in [0.25, 0.3) is 0 Å². The summed E-state index contributed by atoms with van der Waals surface area (Å²) in [6, 6.07) is 0. The summed E-state index contributed by atoms with van der Waals surface area (Å²) < 4.78 is 38.5. The van der Waals surface area contributed by atoms with Crippen molar-refractivity contribution in [3.63, 3.8) is 0 Å². The van der Waals surface area contributed by atoms with E-state index < -0.39 is 12.1 Å². The number of fused-ring (bicyclic) bond motifs is 1.